The van der Waals surface area contributed by atoms with Crippen LogP contribution in [0.5, 0.6) is 5.75 Å². The summed E-state index contributed by atoms with van der Waals surface area (Å²) in [6.07, 6.45) is -0.926. The van der Waals surface area contributed by atoms with E-state index < -0.39 is 18.0 Å². The predicted octanol–water partition coefficient (Wildman–Crippen LogP) is 4.10. The van der Waals surface area contributed by atoms with Gasteiger partial charge in [0, 0.05) is 5.69 Å². The summed E-state index contributed by atoms with van der Waals surface area (Å²) in [7, 11) is 0. The van der Waals surface area contributed by atoms with Gasteiger partial charge in [-0.1, -0.05) is 42.5 Å². The predicted molar refractivity (Wildman–Crippen MR) is 105 cm³/mol. The maximum Gasteiger partial charge on any atom is 0.344 e. The molecule has 1 N–H and O–H groups in total. The van der Waals surface area contributed by atoms with Crippen LogP contribution in [0, 0.1) is 6.92 Å². The van der Waals surface area contributed by atoms with E-state index >= 15 is 0 Å². The van der Waals surface area contributed by atoms with Crippen LogP contribution < -0.4 is 10.1 Å². The zero-order valence-electron chi connectivity index (χ0n) is 15.3. The Labute approximate surface area is 157 Å². The van der Waals surface area contributed by atoms with Crippen LogP contribution in [-0.2, 0) is 14.3 Å². The van der Waals surface area contributed by atoms with Crippen molar-refractivity contribution in [2.24, 2.45) is 0 Å². The van der Waals surface area contributed by atoms with Gasteiger partial charge in [-0.3, -0.25) is 4.79 Å². The van der Waals surface area contributed by atoms with Crippen LogP contribution in [0.25, 0.3) is 10.8 Å². The Morgan fingerprint density at radius 2 is 1.74 bits per heavy atom. The maximum absolute atomic E-state index is 12.3. The van der Waals surface area contributed by atoms with Gasteiger partial charge in [0.05, 0.1) is 0 Å². The van der Waals surface area contributed by atoms with E-state index in [4.69, 9.17) is 9.47 Å². The van der Waals surface area contributed by atoms with Crippen molar-refractivity contribution in [3.63, 3.8) is 0 Å². The van der Waals surface area contributed by atoms with Crippen LogP contribution in [0.15, 0.2) is 66.7 Å². The monoisotopic (exact) mass is 363 g/mol. The van der Waals surface area contributed by atoms with Crippen molar-refractivity contribution in [1.29, 1.82) is 0 Å². The van der Waals surface area contributed by atoms with E-state index in [9.17, 15) is 9.59 Å². The van der Waals surface area contributed by atoms with E-state index in [0.29, 0.717) is 11.4 Å². The largest absolute Gasteiger partial charge is 0.482 e. The van der Waals surface area contributed by atoms with Crippen molar-refractivity contribution >= 4 is 28.3 Å². The minimum absolute atomic E-state index is 0.253. The number of benzene rings is 3. The highest BCUT2D eigenvalue weighted by atomic mass is 16.6. The first-order chi connectivity index (χ1) is 13.0. The standard InChI is InChI=1S/C22H21NO4/c1-15-6-5-9-20(12-15)26-14-21(24)27-16(2)22(25)23-19-11-10-17-7-3-4-8-18(17)13-19/h3-13,16H,14H2,1-2H3,(H,23,25)/t16-/m0/s1. The molecular formula is C22H21NO4. The lowest BCUT2D eigenvalue weighted by Crippen LogP contribution is -2.31. The number of fused-ring (bicyclic) bond motifs is 1. The average molecular weight is 363 g/mol. The molecule has 0 saturated carbocycles. The molecule has 3 aromatic carbocycles. The molecule has 1 atom stereocenters. The molecule has 0 spiro atoms. The number of aryl methyl sites for hydroxylation is 1. The number of carbonyl (C=O) groups is 2. The third-order valence-corrected chi connectivity index (χ3v) is 4.04. The van der Waals surface area contributed by atoms with Gasteiger partial charge in [-0.05, 0) is 54.4 Å². The minimum Gasteiger partial charge on any atom is -0.482 e. The first kappa shape index (κ1) is 18.5. The Morgan fingerprint density at radius 3 is 2.52 bits per heavy atom. The van der Waals surface area contributed by atoms with Crippen molar-refractivity contribution in [3.8, 4) is 5.75 Å². The fourth-order valence-corrected chi connectivity index (χ4v) is 2.64. The Kier molecular flexibility index (Phi) is 5.71. The second-order valence-electron chi connectivity index (χ2n) is 6.29. The highest BCUT2D eigenvalue weighted by molar-refractivity contribution is 5.97. The number of hydrogen-bond acceptors (Lipinski definition) is 4. The molecule has 5 nitrogen and oxygen atoms in total. The molecule has 0 radical (unpaired) electrons. The number of carbonyl (C=O) groups excluding carboxylic acids is 2. The molecule has 3 rings (SSSR count). The summed E-state index contributed by atoms with van der Waals surface area (Å²) in [5.41, 5.74) is 1.68. The molecule has 3 aromatic rings. The summed E-state index contributed by atoms with van der Waals surface area (Å²) < 4.78 is 10.5. The van der Waals surface area contributed by atoms with Gasteiger partial charge in [-0.2, -0.15) is 0 Å². The van der Waals surface area contributed by atoms with Gasteiger partial charge in [0.1, 0.15) is 5.75 Å². The van der Waals surface area contributed by atoms with Crippen LogP contribution in [0.4, 0.5) is 5.69 Å². The number of anilines is 1. The molecule has 0 heterocycles. The molecule has 0 bridgehead atoms. The van der Waals surface area contributed by atoms with Crippen molar-refractivity contribution in [3.05, 3.63) is 72.3 Å². The van der Waals surface area contributed by atoms with Crippen molar-refractivity contribution in [2.75, 3.05) is 11.9 Å². The fraction of sp³-hybridized carbons (Fsp3) is 0.182. The van der Waals surface area contributed by atoms with Gasteiger partial charge >= 0.3 is 5.97 Å². The Morgan fingerprint density at radius 1 is 0.963 bits per heavy atom. The average Bonchev–Trinajstić information content (AvgIpc) is 2.66. The lowest BCUT2D eigenvalue weighted by Gasteiger charge is -2.14. The van der Waals surface area contributed by atoms with Crippen molar-refractivity contribution in [2.45, 2.75) is 20.0 Å². The molecule has 138 valence electrons. The molecule has 0 unspecified atom stereocenters. The summed E-state index contributed by atoms with van der Waals surface area (Å²) in [6, 6.07) is 20.8. The summed E-state index contributed by atoms with van der Waals surface area (Å²) in [6.45, 7) is 3.21. The van der Waals surface area contributed by atoms with Crippen LogP contribution in [0.2, 0.25) is 0 Å². The van der Waals surface area contributed by atoms with E-state index in [2.05, 4.69) is 5.32 Å². The van der Waals surface area contributed by atoms with E-state index in [1.165, 1.54) is 6.92 Å². The van der Waals surface area contributed by atoms with Crippen molar-refractivity contribution in [1.82, 2.24) is 0 Å². The van der Waals surface area contributed by atoms with Crippen LogP contribution >= 0.6 is 0 Å². The molecule has 0 aromatic heterocycles. The second kappa shape index (κ2) is 8.36. The molecule has 27 heavy (non-hydrogen) atoms. The summed E-state index contributed by atoms with van der Waals surface area (Å²) in [5.74, 6) is -0.410. The third kappa shape index (κ3) is 5.07. The Bertz CT molecular complexity index is 967. The highest BCUT2D eigenvalue weighted by Gasteiger charge is 2.18. The Balaban J connectivity index is 1.52. The molecule has 0 aliphatic rings. The van der Waals surface area contributed by atoms with Crippen LogP contribution in [0.3, 0.4) is 0 Å². The molecule has 0 fully saturated rings. The van der Waals surface area contributed by atoms with Gasteiger partial charge < -0.3 is 14.8 Å². The molecular weight excluding hydrogens is 342 g/mol. The molecule has 0 aliphatic heterocycles. The van der Waals surface area contributed by atoms with Gasteiger partial charge in [0.15, 0.2) is 12.7 Å². The quantitative estimate of drug-likeness (QED) is 0.670. The first-order valence-corrected chi connectivity index (χ1v) is 8.70. The van der Waals surface area contributed by atoms with Crippen LogP contribution in [0.1, 0.15) is 12.5 Å². The third-order valence-electron chi connectivity index (χ3n) is 4.04. The number of ether oxygens (including phenoxy) is 2. The van der Waals surface area contributed by atoms with Crippen molar-refractivity contribution < 1.29 is 19.1 Å². The summed E-state index contributed by atoms with van der Waals surface area (Å²) >= 11 is 0. The number of esters is 1. The smallest absolute Gasteiger partial charge is 0.344 e. The van der Waals surface area contributed by atoms with Gasteiger partial charge in [-0.15, -0.1) is 0 Å². The molecule has 1 amide bonds. The van der Waals surface area contributed by atoms with Gasteiger partial charge in [0.2, 0.25) is 0 Å². The normalized spacial score (nSPS) is 11.6. The topological polar surface area (TPSA) is 64.6 Å². The maximum atomic E-state index is 12.3. The van der Waals surface area contributed by atoms with E-state index in [1.807, 2.05) is 67.6 Å². The second-order valence-corrected chi connectivity index (χ2v) is 6.29. The lowest BCUT2D eigenvalue weighted by atomic mass is 10.1. The van der Waals surface area contributed by atoms with Crippen LogP contribution in [-0.4, -0.2) is 24.6 Å². The summed E-state index contributed by atoms with van der Waals surface area (Å²) in [4.78, 5) is 24.2. The summed E-state index contributed by atoms with van der Waals surface area (Å²) in [5, 5.41) is 4.87. The number of rotatable bonds is 6. The highest BCUT2D eigenvalue weighted by Crippen LogP contribution is 2.19. The number of amides is 1. The zero-order valence-corrected chi connectivity index (χ0v) is 15.3. The Hall–Kier alpha value is -3.34. The van der Waals surface area contributed by atoms with Gasteiger partial charge in [0.25, 0.3) is 5.91 Å². The SMILES string of the molecule is Cc1cccc(OCC(=O)O[C@@H](C)C(=O)Nc2ccc3ccccc3c2)c1. The van der Waals surface area contributed by atoms with E-state index in [1.54, 1.807) is 6.07 Å². The number of hydrogen-bond donors (Lipinski definition) is 1. The molecule has 0 saturated heterocycles. The van der Waals surface area contributed by atoms with Gasteiger partial charge in [-0.25, -0.2) is 4.79 Å². The fourth-order valence-electron chi connectivity index (χ4n) is 2.64. The van der Waals surface area contributed by atoms with E-state index in [0.717, 1.165) is 16.3 Å². The van der Waals surface area contributed by atoms with E-state index in [-0.39, 0.29) is 6.61 Å². The lowest BCUT2D eigenvalue weighted by molar-refractivity contribution is -0.155. The minimum atomic E-state index is -0.926. The number of nitrogens with one attached hydrogen (secondary N) is 1. The molecule has 5 heteroatoms. The first-order valence-electron chi connectivity index (χ1n) is 8.70. The zero-order chi connectivity index (χ0) is 19.2. The molecule has 0 aliphatic carbocycles.